The van der Waals surface area contributed by atoms with Gasteiger partial charge < -0.3 is 89.4 Å². The summed E-state index contributed by atoms with van der Waals surface area (Å²) in [5.41, 5.74) is 0.358. The van der Waals surface area contributed by atoms with E-state index in [9.17, 15) is 63.3 Å². The van der Waals surface area contributed by atoms with Gasteiger partial charge in [0.05, 0.1) is 57.8 Å². The fourth-order valence-corrected chi connectivity index (χ4v) is 8.24. The van der Waals surface area contributed by atoms with E-state index >= 15 is 0 Å². The van der Waals surface area contributed by atoms with Crippen LogP contribution in [-0.2, 0) is 47.5 Å². The number of carbonyl (C=O) groups is 3. The molecule has 0 bridgehead atoms. The maximum Gasteiger partial charge on any atom is 0.349 e. The average Bonchev–Trinajstić information content (AvgIpc) is 3.35. The van der Waals surface area contributed by atoms with E-state index in [0.717, 1.165) is 24.8 Å². The molecule has 5 rings (SSSR count). The summed E-state index contributed by atoms with van der Waals surface area (Å²) in [5.74, 6) is -1.80. The molecule has 390 valence electrons. The Morgan fingerprint density at radius 2 is 1.36 bits per heavy atom. The first-order valence-electron chi connectivity index (χ1n) is 22.5. The van der Waals surface area contributed by atoms with Crippen LogP contribution in [0.4, 0.5) is 5.69 Å². The van der Waals surface area contributed by atoms with Crippen LogP contribution in [0, 0.1) is 0 Å². The number of amides is 3. The second-order valence-electron chi connectivity index (χ2n) is 15.9. The highest BCUT2D eigenvalue weighted by atomic mass is 32.2. The zero-order valence-corrected chi connectivity index (χ0v) is 39.3. The molecular formula is C44H62N4O21S. The normalized spacial score (nSPS) is 24.8. The van der Waals surface area contributed by atoms with E-state index in [1.54, 1.807) is 12.1 Å². The van der Waals surface area contributed by atoms with Crippen LogP contribution in [0.1, 0.15) is 41.0 Å². The first kappa shape index (κ1) is 56.2. The van der Waals surface area contributed by atoms with Gasteiger partial charge in [-0.25, -0.2) is 4.79 Å². The van der Waals surface area contributed by atoms with Gasteiger partial charge in [-0.15, -0.1) is 0 Å². The first-order valence-corrected chi connectivity index (χ1v) is 23.9. The van der Waals surface area contributed by atoms with E-state index in [1.807, 2.05) is 19.9 Å². The second kappa shape index (κ2) is 27.2. The lowest BCUT2D eigenvalue weighted by atomic mass is 9.97. The van der Waals surface area contributed by atoms with Gasteiger partial charge in [0.1, 0.15) is 60.0 Å². The van der Waals surface area contributed by atoms with Crippen LogP contribution in [-0.4, -0.2) is 209 Å². The maximum atomic E-state index is 12.8. The van der Waals surface area contributed by atoms with Crippen molar-refractivity contribution in [2.75, 3.05) is 90.5 Å². The van der Waals surface area contributed by atoms with Crippen molar-refractivity contribution in [2.45, 2.75) is 86.6 Å². The minimum absolute atomic E-state index is 0.0245. The Hall–Kier alpha value is -4.75. The summed E-state index contributed by atoms with van der Waals surface area (Å²) in [6.45, 7) is 3.55. The SMILES string of the molecule is CCN(CC)c1ccc2cc(C(=O)NCCOCCOCCOS(=O)(=O)c3cccc(C(=O)NCCC(=O)NCCO[C@@H]4O[C@H](CO)[C@@H](O[C@@H]5O[C@H](CO)[C@H](O)[C@H](O)[C@H]5O)[C@H](O)[C@H]4O)c3)c(=O)oc2c1. The molecule has 10 N–H and O–H groups in total. The van der Waals surface area contributed by atoms with E-state index in [-0.39, 0.29) is 81.7 Å². The van der Waals surface area contributed by atoms with Crippen LogP contribution in [0.5, 0.6) is 0 Å². The summed E-state index contributed by atoms with van der Waals surface area (Å²) in [5, 5.41) is 79.2. The molecule has 0 spiro atoms. The molecular weight excluding hydrogens is 953 g/mol. The Morgan fingerprint density at radius 1 is 0.700 bits per heavy atom. The minimum Gasteiger partial charge on any atom is -0.422 e. The van der Waals surface area contributed by atoms with Crippen molar-refractivity contribution >= 4 is 44.5 Å². The highest BCUT2D eigenvalue weighted by molar-refractivity contribution is 7.86. The number of benzene rings is 2. The number of nitrogens with one attached hydrogen (secondary N) is 3. The molecule has 1 aromatic heterocycles. The molecule has 2 aliphatic heterocycles. The Labute approximate surface area is 402 Å². The van der Waals surface area contributed by atoms with Gasteiger partial charge in [0.25, 0.3) is 21.9 Å². The fraction of sp³-hybridized carbons (Fsp3) is 0.591. The quantitative estimate of drug-likeness (QED) is 0.0203. The number of rotatable bonds is 27. The first-order chi connectivity index (χ1) is 33.5. The molecule has 0 unspecified atom stereocenters. The molecule has 2 saturated heterocycles. The van der Waals surface area contributed by atoms with Crippen molar-refractivity contribution in [3.8, 4) is 0 Å². The van der Waals surface area contributed by atoms with Crippen molar-refractivity contribution in [3.63, 3.8) is 0 Å². The van der Waals surface area contributed by atoms with Crippen molar-refractivity contribution in [3.05, 3.63) is 70.1 Å². The van der Waals surface area contributed by atoms with Crippen molar-refractivity contribution in [1.29, 1.82) is 0 Å². The number of fused-ring (bicyclic) bond motifs is 1. The molecule has 3 aromatic rings. The van der Waals surface area contributed by atoms with Gasteiger partial charge in [0.2, 0.25) is 5.91 Å². The highest BCUT2D eigenvalue weighted by Gasteiger charge is 2.50. The lowest BCUT2D eigenvalue weighted by Gasteiger charge is -2.45. The van der Waals surface area contributed by atoms with Gasteiger partial charge >= 0.3 is 5.63 Å². The predicted molar refractivity (Wildman–Crippen MR) is 242 cm³/mol. The molecule has 2 fully saturated rings. The number of nitrogens with zero attached hydrogens (tertiary/aromatic N) is 1. The number of anilines is 1. The molecule has 70 heavy (non-hydrogen) atoms. The molecule has 25 nitrogen and oxygen atoms in total. The summed E-state index contributed by atoms with van der Waals surface area (Å²) in [4.78, 5) is 52.2. The third kappa shape index (κ3) is 15.1. The van der Waals surface area contributed by atoms with Gasteiger partial charge in [0, 0.05) is 61.8 Å². The van der Waals surface area contributed by atoms with Crippen LogP contribution < -0.4 is 26.5 Å². The van der Waals surface area contributed by atoms with E-state index in [2.05, 4.69) is 20.9 Å². The summed E-state index contributed by atoms with van der Waals surface area (Å²) >= 11 is 0. The summed E-state index contributed by atoms with van der Waals surface area (Å²) in [6.07, 6.45) is -16.4. The van der Waals surface area contributed by atoms with E-state index in [1.165, 1.54) is 24.3 Å². The Bertz CT molecular complexity index is 2330. The standard InChI is InChI=1S/C44H62N4O21S/c1-3-48(4-2)27-9-8-25-21-29(42(59)66-30(25)22-27)41(58)47-12-14-62-16-17-63-18-19-65-70(60,61)28-7-5-6-26(20-28)40(57)46-11-10-33(51)45-13-15-64-43-38(56)36(54)39(32(24-50)68-43)69-44-37(55)35(53)34(52)31(23-49)67-44/h5-9,20-22,31-32,34-39,43-44,49-50,52-56H,3-4,10-19,23-24H2,1-2H3,(H,45,51)(H,46,57)(H,47,58)/t31-,32-,34+,35+,36-,37-,38-,39-,43-,44+/m1/s1. The Morgan fingerprint density at radius 3 is 2.07 bits per heavy atom. The second-order valence-corrected chi connectivity index (χ2v) is 17.5. The highest BCUT2D eigenvalue weighted by Crippen LogP contribution is 2.30. The zero-order valence-electron chi connectivity index (χ0n) is 38.5. The van der Waals surface area contributed by atoms with Crippen LogP contribution in [0.2, 0.25) is 0 Å². The van der Waals surface area contributed by atoms with Gasteiger partial charge in [0.15, 0.2) is 12.6 Å². The molecule has 3 heterocycles. The molecule has 26 heteroatoms. The maximum absolute atomic E-state index is 12.8. The van der Waals surface area contributed by atoms with E-state index < -0.39 is 108 Å². The van der Waals surface area contributed by atoms with Gasteiger partial charge in [-0.1, -0.05) is 6.07 Å². The molecule has 0 saturated carbocycles. The van der Waals surface area contributed by atoms with Crippen LogP contribution in [0.25, 0.3) is 11.0 Å². The molecule has 0 radical (unpaired) electrons. The van der Waals surface area contributed by atoms with Gasteiger partial charge in [-0.2, -0.15) is 8.42 Å². The number of carbonyl (C=O) groups excluding carboxylic acids is 3. The number of ether oxygens (including phenoxy) is 6. The van der Waals surface area contributed by atoms with Crippen LogP contribution >= 0.6 is 0 Å². The largest absolute Gasteiger partial charge is 0.422 e. The van der Waals surface area contributed by atoms with Crippen LogP contribution in [0.15, 0.2) is 62.6 Å². The Balaban J connectivity index is 0.923. The third-order valence-electron chi connectivity index (χ3n) is 11.2. The zero-order chi connectivity index (χ0) is 51.0. The number of aliphatic hydroxyl groups excluding tert-OH is 7. The number of aliphatic hydroxyl groups is 7. The van der Waals surface area contributed by atoms with E-state index in [4.69, 9.17) is 37.0 Å². The van der Waals surface area contributed by atoms with Crippen LogP contribution in [0.3, 0.4) is 0 Å². The summed E-state index contributed by atoms with van der Waals surface area (Å²) < 4.78 is 68.6. The molecule has 2 aromatic carbocycles. The fourth-order valence-electron chi connectivity index (χ4n) is 7.30. The summed E-state index contributed by atoms with van der Waals surface area (Å²) in [6, 6.07) is 12.0. The summed E-state index contributed by atoms with van der Waals surface area (Å²) in [7, 11) is -4.29. The monoisotopic (exact) mass is 1010 g/mol. The van der Waals surface area contributed by atoms with Crippen molar-refractivity contribution in [1.82, 2.24) is 16.0 Å². The molecule has 3 amide bonds. The number of hydrogen-bond donors (Lipinski definition) is 10. The average molecular weight is 1020 g/mol. The van der Waals surface area contributed by atoms with Gasteiger partial charge in [-0.3, -0.25) is 18.6 Å². The third-order valence-corrected chi connectivity index (χ3v) is 12.5. The minimum atomic E-state index is -4.29. The Kier molecular flexibility index (Phi) is 21.8. The lowest BCUT2D eigenvalue weighted by Crippen LogP contribution is -2.64. The molecule has 10 atom stereocenters. The topological polar surface area (TPSA) is 361 Å². The molecule has 0 aliphatic carbocycles. The van der Waals surface area contributed by atoms with Gasteiger partial charge in [-0.05, 0) is 50.2 Å². The smallest absolute Gasteiger partial charge is 0.349 e. The molecule has 2 aliphatic rings. The van der Waals surface area contributed by atoms with Crippen molar-refractivity contribution in [2.24, 2.45) is 0 Å². The predicted octanol–water partition coefficient (Wildman–Crippen LogP) is -3.32. The lowest BCUT2D eigenvalue weighted by molar-refractivity contribution is -0.359. The number of hydrogen-bond acceptors (Lipinski definition) is 22. The van der Waals surface area contributed by atoms with E-state index in [0.29, 0.717) is 11.0 Å². The van der Waals surface area contributed by atoms with Crippen molar-refractivity contribution < 1.29 is 95.6 Å².